The van der Waals surface area contributed by atoms with Gasteiger partial charge in [0.25, 0.3) is 0 Å². The normalized spacial score (nSPS) is 28.7. The Kier molecular flexibility index (Phi) is 5.38. The summed E-state index contributed by atoms with van der Waals surface area (Å²) in [6, 6.07) is 9.46. The third-order valence-electron chi connectivity index (χ3n) is 6.72. The second-order valence-corrected chi connectivity index (χ2v) is 9.16. The van der Waals surface area contributed by atoms with E-state index in [1.54, 1.807) is 0 Å². The molecule has 0 amide bonds. The summed E-state index contributed by atoms with van der Waals surface area (Å²) in [6.45, 7) is 15.7. The minimum atomic E-state index is -0.291. The average molecular weight is 372 g/mol. The Balaban J connectivity index is 1.32. The Hall–Kier alpha value is -0.915. The molecule has 1 unspecified atom stereocenters. The largest absolute Gasteiger partial charge is 0.494 e. The summed E-state index contributed by atoms with van der Waals surface area (Å²) in [4.78, 5) is 5.18. The van der Waals surface area contributed by atoms with Crippen LogP contribution in [-0.2, 0) is 20.6 Å². The quantitative estimate of drug-likeness (QED) is 0.755. The molecule has 0 aromatic heterocycles. The maximum atomic E-state index is 6.16. The molecule has 3 aliphatic rings. The summed E-state index contributed by atoms with van der Waals surface area (Å²) in [5, 5.41) is 0. The molecule has 3 fully saturated rings. The van der Waals surface area contributed by atoms with Crippen LogP contribution in [-0.4, -0.2) is 73.6 Å². The van der Waals surface area contributed by atoms with Crippen molar-refractivity contribution < 1.29 is 14.0 Å². The van der Waals surface area contributed by atoms with Gasteiger partial charge in [0.1, 0.15) is 0 Å². The van der Waals surface area contributed by atoms with Crippen LogP contribution in [0, 0.1) is 0 Å². The Morgan fingerprint density at radius 1 is 0.963 bits per heavy atom. The first-order chi connectivity index (χ1) is 12.8. The van der Waals surface area contributed by atoms with Crippen molar-refractivity contribution in [1.29, 1.82) is 0 Å². The Labute approximate surface area is 164 Å². The fraction of sp³-hybridized carbons (Fsp3) is 0.714. The van der Waals surface area contributed by atoms with Crippen molar-refractivity contribution in [3.05, 3.63) is 29.8 Å². The number of hydrogen-bond acceptors (Lipinski definition) is 5. The smallest absolute Gasteiger partial charge is 0.399 e. The maximum absolute atomic E-state index is 6.16. The maximum Gasteiger partial charge on any atom is 0.494 e. The highest BCUT2D eigenvalue weighted by Gasteiger charge is 2.51. The molecule has 0 radical (unpaired) electrons. The predicted molar refractivity (Wildman–Crippen MR) is 108 cm³/mol. The second-order valence-electron chi connectivity index (χ2n) is 9.16. The van der Waals surface area contributed by atoms with Crippen molar-refractivity contribution in [2.24, 2.45) is 0 Å². The van der Waals surface area contributed by atoms with Crippen molar-refractivity contribution >= 4 is 12.6 Å². The Morgan fingerprint density at radius 2 is 1.59 bits per heavy atom. The zero-order valence-corrected chi connectivity index (χ0v) is 17.2. The van der Waals surface area contributed by atoms with Crippen LogP contribution >= 0.6 is 0 Å². The van der Waals surface area contributed by atoms with E-state index >= 15 is 0 Å². The molecule has 4 rings (SSSR count). The summed E-state index contributed by atoms with van der Waals surface area (Å²) in [7, 11) is -0.276. The summed E-state index contributed by atoms with van der Waals surface area (Å²) in [5.74, 6) is 0. The molecule has 1 aromatic carbocycles. The highest BCUT2D eigenvalue weighted by molar-refractivity contribution is 6.62. The van der Waals surface area contributed by atoms with Crippen LogP contribution in [0.5, 0.6) is 0 Å². The number of hydrogen-bond donors (Lipinski definition) is 0. The first-order valence-corrected chi connectivity index (χ1v) is 10.3. The minimum absolute atomic E-state index is 0.276. The molecule has 0 spiro atoms. The van der Waals surface area contributed by atoms with E-state index in [1.807, 2.05) is 0 Å². The van der Waals surface area contributed by atoms with E-state index in [9.17, 15) is 0 Å². The van der Waals surface area contributed by atoms with Crippen LogP contribution in [0.25, 0.3) is 0 Å². The molecule has 27 heavy (non-hydrogen) atoms. The molecule has 3 heterocycles. The van der Waals surface area contributed by atoms with Crippen molar-refractivity contribution in [2.75, 3.05) is 39.4 Å². The van der Waals surface area contributed by atoms with Gasteiger partial charge in [-0.3, -0.25) is 9.80 Å². The van der Waals surface area contributed by atoms with Crippen LogP contribution < -0.4 is 5.46 Å². The zero-order valence-electron chi connectivity index (χ0n) is 17.2. The van der Waals surface area contributed by atoms with Gasteiger partial charge in [0, 0.05) is 38.8 Å². The molecule has 0 bridgehead atoms. The lowest BCUT2D eigenvalue weighted by Gasteiger charge is -2.32. The highest BCUT2D eigenvalue weighted by atomic mass is 16.7. The summed E-state index contributed by atoms with van der Waals surface area (Å²) >= 11 is 0. The van der Waals surface area contributed by atoms with E-state index in [2.05, 4.69) is 61.8 Å². The molecular weight excluding hydrogens is 339 g/mol. The van der Waals surface area contributed by atoms with E-state index in [0.717, 1.165) is 38.3 Å². The second kappa shape index (κ2) is 7.49. The van der Waals surface area contributed by atoms with E-state index in [1.165, 1.54) is 25.1 Å². The third-order valence-corrected chi connectivity index (χ3v) is 6.72. The number of nitrogens with zero attached hydrogens (tertiary/aromatic N) is 2. The van der Waals surface area contributed by atoms with E-state index in [4.69, 9.17) is 14.0 Å². The molecule has 3 aliphatic heterocycles. The molecule has 148 valence electrons. The van der Waals surface area contributed by atoms with Gasteiger partial charge in [-0.05, 0) is 45.1 Å². The molecule has 0 N–H and O–H groups in total. The summed E-state index contributed by atoms with van der Waals surface area (Å²) in [5.41, 5.74) is 1.88. The third kappa shape index (κ3) is 4.10. The van der Waals surface area contributed by atoms with Gasteiger partial charge >= 0.3 is 7.12 Å². The monoisotopic (exact) mass is 372 g/mol. The molecule has 3 saturated heterocycles. The molecule has 0 saturated carbocycles. The number of ether oxygens (including phenoxy) is 1. The minimum Gasteiger partial charge on any atom is -0.399 e. The SMILES string of the molecule is CC1(C)OB(c2ccc(CN3CCC(N4CCOCC4)C3)cc2)OC1(C)C. The fourth-order valence-electron chi connectivity index (χ4n) is 4.21. The first kappa shape index (κ1) is 19.4. The van der Waals surface area contributed by atoms with Gasteiger partial charge in [-0.1, -0.05) is 24.3 Å². The Bertz CT molecular complexity index is 627. The fourth-order valence-corrected chi connectivity index (χ4v) is 4.21. The standard InChI is InChI=1S/C21H33BN2O3/c1-20(2)21(3,4)27-22(26-20)18-7-5-17(6-8-18)15-23-10-9-19(16-23)24-11-13-25-14-12-24/h5-8,19H,9-16H2,1-4H3. The van der Waals surface area contributed by atoms with Crippen LogP contribution in [0.4, 0.5) is 0 Å². The topological polar surface area (TPSA) is 34.2 Å². The highest BCUT2D eigenvalue weighted by Crippen LogP contribution is 2.36. The van der Waals surface area contributed by atoms with Crippen molar-refractivity contribution in [1.82, 2.24) is 9.80 Å². The van der Waals surface area contributed by atoms with Gasteiger partial charge in [-0.15, -0.1) is 0 Å². The first-order valence-electron chi connectivity index (χ1n) is 10.3. The van der Waals surface area contributed by atoms with Crippen LogP contribution in [0.2, 0.25) is 0 Å². The van der Waals surface area contributed by atoms with Crippen molar-refractivity contribution in [3.63, 3.8) is 0 Å². The van der Waals surface area contributed by atoms with Gasteiger partial charge < -0.3 is 14.0 Å². The van der Waals surface area contributed by atoms with Crippen LogP contribution in [0.15, 0.2) is 24.3 Å². The zero-order chi connectivity index (χ0) is 19.1. The van der Waals surface area contributed by atoms with E-state index in [-0.39, 0.29) is 18.3 Å². The van der Waals surface area contributed by atoms with Gasteiger partial charge in [0.2, 0.25) is 0 Å². The predicted octanol–water partition coefficient (Wildman–Crippen LogP) is 1.89. The number of morpholine rings is 1. The molecule has 1 aromatic rings. The lowest BCUT2D eigenvalue weighted by atomic mass is 9.79. The lowest BCUT2D eigenvalue weighted by molar-refractivity contribution is 0.00578. The van der Waals surface area contributed by atoms with Crippen LogP contribution in [0.1, 0.15) is 39.7 Å². The van der Waals surface area contributed by atoms with Crippen molar-refractivity contribution in [2.45, 2.75) is 57.9 Å². The number of likely N-dealkylation sites (tertiary alicyclic amines) is 1. The number of benzene rings is 1. The van der Waals surface area contributed by atoms with Gasteiger partial charge in [-0.2, -0.15) is 0 Å². The lowest BCUT2D eigenvalue weighted by Crippen LogP contribution is -2.44. The molecular formula is C21H33BN2O3. The number of rotatable bonds is 4. The van der Waals surface area contributed by atoms with E-state index in [0.29, 0.717) is 6.04 Å². The molecule has 0 aliphatic carbocycles. The van der Waals surface area contributed by atoms with E-state index < -0.39 is 0 Å². The van der Waals surface area contributed by atoms with Crippen molar-refractivity contribution in [3.8, 4) is 0 Å². The average Bonchev–Trinajstić information content (AvgIpc) is 3.18. The molecule has 6 heteroatoms. The van der Waals surface area contributed by atoms with Crippen LogP contribution in [0.3, 0.4) is 0 Å². The van der Waals surface area contributed by atoms with Gasteiger partial charge in [-0.25, -0.2) is 0 Å². The summed E-state index contributed by atoms with van der Waals surface area (Å²) < 4.78 is 17.8. The van der Waals surface area contributed by atoms with Gasteiger partial charge in [0.15, 0.2) is 0 Å². The molecule has 5 nitrogen and oxygen atoms in total. The van der Waals surface area contributed by atoms with Gasteiger partial charge in [0.05, 0.1) is 24.4 Å². The summed E-state index contributed by atoms with van der Waals surface area (Å²) in [6.07, 6.45) is 1.27. The Morgan fingerprint density at radius 3 is 2.22 bits per heavy atom. The molecule has 1 atom stereocenters.